The predicted octanol–water partition coefficient (Wildman–Crippen LogP) is 2.61. The lowest BCUT2D eigenvalue weighted by molar-refractivity contribution is -0.00560. The third-order valence-electron chi connectivity index (χ3n) is 5.49. The number of hydrogen-bond donors (Lipinski definition) is 0. The molecule has 0 radical (unpaired) electrons. The number of ether oxygens (including phenoxy) is 2. The van der Waals surface area contributed by atoms with Gasteiger partial charge < -0.3 is 19.3 Å². The van der Waals surface area contributed by atoms with Crippen molar-refractivity contribution in [2.45, 2.75) is 45.9 Å². The second-order valence-corrected chi connectivity index (χ2v) is 7.86. The highest BCUT2D eigenvalue weighted by atomic mass is 16.5. The number of amides is 1. The lowest BCUT2D eigenvalue weighted by Crippen LogP contribution is -2.47. The van der Waals surface area contributed by atoms with Gasteiger partial charge in [0.15, 0.2) is 0 Å². The first-order valence-electron chi connectivity index (χ1n) is 10.2. The number of carbonyl (C=O) groups is 1. The van der Waals surface area contributed by atoms with Crippen LogP contribution in [0.2, 0.25) is 0 Å². The Balaban J connectivity index is 1.65. The van der Waals surface area contributed by atoms with Crippen molar-refractivity contribution in [3.63, 3.8) is 0 Å². The van der Waals surface area contributed by atoms with E-state index in [-0.39, 0.29) is 18.1 Å². The third kappa shape index (κ3) is 3.92. The van der Waals surface area contributed by atoms with Crippen LogP contribution in [0.4, 0.5) is 5.82 Å². The minimum absolute atomic E-state index is 0.0247. The highest BCUT2D eigenvalue weighted by Gasteiger charge is 2.31. The highest BCUT2D eigenvalue weighted by molar-refractivity contribution is 5.97. The summed E-state index contributed by atoms with van der Waals surface area (Å²) in [5.74, 6) is 2.28. The molecule has 0 N–H and O–H groups in total. The predicted molar refractivity (Wildman–Crippen MR) is 110 cm³/mol. The molecule has 3 heterocycles. The zero-order chi connectivity index (χ0) is 20.5. The van der Waals surface area contributed by atoms with Gasteiger partial charge in [-0.1, -0.05) is 12.1 Å². The number of nitrogens with zero attached hydrogens (tertiary/aromatic N) is 4. The van der Waals surface area contributed by atoms with Crippen molar-refractivity contribution < 1.29 is 14.3 Å². The smallest absolute Gasteiger partial charge is 0.257 e. The highest BCUT2D eigenvalue weighted by Crippen LogP contribution is 2.30. The fourth-order valence-electron chi connectivity index (χ4n) is 4.29. The van der Waals surface area contributed by atoms with Gasteiger partial charge in [0, 0.05) is 31.6 Å². The molecular formula is C22H28N4O3. The minimum atomic E-state index is -0.0247. The van der Waals surface area contributed by atoms with Gasteiger partial charge in [0.2, 0.25) is 0 Å². The summed E-state index contributed by atoms with van der Waals surface area (Å²) in [6, 6.07) is 7.37. The number of benzene rings is 1. The van der Waals surface area contributed by atoms with E-state index in [2.05, 4.69) is 23.7 Å². The molecule has 1 saturated heterocycles. The van der Waals surface area contributed by atoms with Gasteiger partial charge in [-0.25, -0.2) is 9.97 Å². The Kier molecular flexibility index (Phi) is 5.41. The molecule has 2 aliphatic rings. The van der Waals surface area contributed by atoms with Gasteiger partial charge in [0.1, 0.15) is 17.4 Å². The molecule has 7 nitrogen and oxygen atoms in total. The molecular weight excluding hydrogens is 368 g/mol. The van der Waals surface area contributed by atoms with Crippen LogP contribution in [-0.4, -0.2) is 59.7 Å². The second kappa shape index (κ2) is 7.99. The van der Waals surface area contributed by atoms with Crippen LogP contribution in [0.15, 0.2) is 24.3 Å². The summed E-state index contributed by atoms with van der Waals surface area (Å²) in [5, 5.41) is 0. The molecule has 4 rings (SSSR count). The van der Waals surface area contributed by atoms with Crippen LogP contribution in [0.3, 0.4) is 0 Å². The zero-order valence-electron chi connectivity index (χ0n) is 17.5. The molecule has 1 amide bonds. The Morgan fingerprint density at radius 3 is 2.62 bits per heavy atom. The number of methoxy groups -OCH3 is 1. The topological polar surface area (TPSA) is 67.8 Å². The Morgan fingerprint density at radius 1 is 1.17 bits per heavy atom. The molecule has 0 spiro atoms. The standard InChI is InChI=1S/C22H28N4O3/c1-14-11-26(12-15(2)29-14)21-18-13-25(10-9-19(18)23-16(3)24-21)22(27)17-7-5-6-8-20(17)28-4/h5-8,14-15H,9-13H2,1-4H3/t14-,15-/m0/s1. The summed E-state index contributed by atoms with van der Waals surface area (Å²) < 4.78 is 11.3. The van der Waals surface area contributed by atoms with Gasteiger partial charge in [-0.3, -0.25) is 4.79 Å². The monoisotopic (exact) mass is 396 g/mol. The molecule has 1 aromatic carbocycles. The van der Waals surface area contributed by atoms with E-state index in [9.17, 15) is 4.79 Å². The van der Waals surface area contributed by atoms with E-state index in [1.807, 2.05) is 36.1 Å². The number of anilines is 1. The number of aromatic nitrogens is 2. The Morgan fingerprint density at radius 2 is 1.90 bits per heavy atom. The van der Waals surface area contributed by atoms with Crippen LogP contribution in [0.5, 0.6) is 5.75 Å². The van der Waals surface area contributed by atoms with E-state index in [0.29, 0.717) is 24.4 Å². The van der Waals surface area contributed by atoms with E-state index >= 15 is 0 Å². The number of carbonyl (C=O) groups excluding carboxylic acids is 1. The molecule has 2 atom stereocenters. The summed E-state index contributed by atoms with van der Waals surface area (Å²) in [7, 11) is 1.59. The maximum Gasteiger partial charge on any atom is 0.257 e. The van der Waals surface area contributed by atoms with Gasteiger partial charge in [-0.15, -0.1) is 0 Å². The lowest BCUT2D eigenvalue weighted by atomic mass is 10.0. The summed E-state index contributed by atoms with van der Waals surface area (Å²) in [6.07, 6.45) is 1.00. The fourth-order valence-corrected chi connectivity index (χ4v) is 4.29. The van der Waals surface area contributed by atoms with Crippen LogP contribution in [0, 0.1) is 6.92 Å². The molecule has 1 fully saturated rings. The first-order valence-corrected chi connectivity index (χ1v) is 10.2. The van der Waals surface area contributed by atoms with Crippen molar-refractivity contribution in [2.24, 2.45) is 0 Å². The SMILES string of the molecule is COc1ccccc1C(=O)N1CCc2nc(C)nc(N3C[C@H](C)O[C@@H](C)C3)c2C1. The summed E-state index contributed by atoms with van der Waals surface area (Å²) in [5.41, 5.74) is 2.68. The lowest BCUT2D eigenvalue weighted by Gasteiger charge is -2.38. The summed E-state index contributed by atoms with van der Waals surface area (Å²) in [6.45, 7) is 8.81. The first-order chi connectivity index (χ1) is 14.0. The van der Waals surface area contributed by atoms with E-state index < -0.39 is 0 Å². The van der Waals surface area contributed by atoms with Crippen LogP contribution in [-0.2, 0) is 17.7 Å². The summed E-state index contributed by atoms with van der Waals surface area (Å²) >= 11 is 0. The molecule has 0 aliphatic carbocycles. The summed E-state index contributed by atoms with van der Waals surface area (Å²) in [4.78, 5) is 26.8. The fraction of sp³-hybridized carbons (Fsp3) is 0.500. The molecule has 2 aliphatic heterocycles. The van der Waals surface area contributed by atoms with E-state index in [4.69, 9.17) is 14.5 Å². The Bertz CT molecular complexity index is 907. The number of fused-ring (bicyclic) bond motifs is 1. The minimum Gasteiger partial charge on any atom is -0.496 e. The molecule has 0 bridgehead atoms. The molecule has 2 aromatic rings. The first kappa shape index (κ1) is 19.6. The Hall–Kier alpha value is -2.67. The van der Waals surface area contributed by atoms with Crippen LogP contribution in [0.1, 0.15) is 41.3 Å². The van der Waals surface area contributed by atoms with E-state index in [1.54, 1.807) is 7.11 Å². The number of rotatable bonds is 3. The number of aryl methyl sites for hydroxylation is 1. The van der Waals surface area contributed by atoms with Crippen LogP contribution >= 0.6 is 0 Å². The van der Waals surface area contributed by atoms with Crippen molar-refractivity contribution in [1.82, 2.24) is 14.9 Å². The van der Waals surface area contributed by atoms with Gasteiger partial charge >= 0.3 is 0 Å². The normalized spacial score (nSPS) is 21.7. The van der Waals surface area contributed by atoms with Crippen molar-refractivity contribution in [2.75, 3.05) is 31.6 Å². The van der Waals surface area contributed by atoms with Crippen molar-refractivity contribution in [3.8, 4) is 5.75 Å². The van der Waals surface area contributed by atoms with Gasteiger partial charge in [0.25, 0.3) is 5.91 Å². The molecule has 0 unspecified atom stereocenters. The molecule has 154 valence electrons. The number of hydrogen-bond acceptors (Lipinski definition) is 6. The molecule has 7 heteroatoms. The quantitative estimate of drug-likeness (QED) is 0.795. The van der Waals surface area contributed by atoms with Crippen LogP contribution in [0.25, 0.3) is 0 Å². The average molecular weight is 396 g/mol. The maximum absolute atomic E-state index is 13.2. The van der Waals surface area contributed by atoms with Crippen LogP contribution < -0.4 is 9.64 Å². The molecule has 0 saturated carbocycles. The van der Waals surface area contributed by atoms with Gasteiger partial charge in [-0.2, -0.15) is 0 Å². The Labute approximate surface area is 171 Å². The number of para-hydroxylation sites is 1. The van der Waals surface area contributed by atoms with Crippen molar-refractivity contribution in [3.05, 3.63) is 46.9 Å². The third-order valence-corrected chi connectivity index (χ3v) is 5.49. The zero-order valence-corrected chi connectivity index (χ0v) is 17.5. The molecule has 29 heavy (non-hydrogen) atoms. The largest absolute Gasteiger partial charge is 0.496 e. The second-order valence-electron chi connectivity index (χ2n) is 7.86. The van der Waals surface area contributed by atoms with Crippen molar-refractivity contribution in [1.29, 1.82) is 0 Å². The molecule has 1 aromatic heterocycles. The average Bonchev–Trinajstić information content (AvgIpc) is 2.71. The van der Waals surface area contributed by atoms with E-state index in [0.717, 1.165) is 42.4 Å². The van der Waals surface area contributed by atoms with Gasteiger partial charge in [-0.05, 0) is 32.9 Å². The van der Waals surface area contributed by atoms with E-state index in [1.165, 1.54) is 0 Å². The van der Waals surface area contributed by atoms with Gasteiger partial charge in [0.05, 0.1) is 37.1 Å². The number of morpholine rings is 1. The van der Waals surface area contributed by atoms with Crippen molar-refractivity contribution >= 4 is 11.7 Å². The maximum atomic E-state index is 13.2.